The van der Waals surface area contributed by atoms with Crippen LogP contribution in [0.3, 0.4) is 0 Å². The standard InChI is InChI=1S/C27H44Cl2O4Si/c1-23(2,3)34(9,10)33-26(8)13-12-20(28)24(4,5)19(26)16-27(31)14-11-18(30)17-15-21(29)25(6,7)32-22(17)27/h11,14,19-21,31H,12-13,15-16H2,1-10H3/t19-,20-,21+,26-,27+/m0/s1. The van der Waals surface area contributed by atoms with Crippen molar-refractivity contribution in [1.29, 1.82) is 0 Å². The summed E-state index contributed by atoms with van der Waals surface area (Å²) in [5.41, 5.74) is -2.42. The SMILES string of the molecule is CC1(C)OC2=C(C[C@H]1Cl)C(=O)C=C[C@@]2(O)C[C@H]1C(C)(C)[C@@H](Cl)CC[C@]1(C)O[Si](C)(C)C(C)(C)C. The second-order valence-electron chi connectivity index (χ2n) is 13.6. The third-order valence-corrected chi connectivity index (χ3v) is 15.2. The molecule has 1 heterocycles. The second kappa shape index (κ2) is 8.61. The monoisotopic (exact) mass is 530 g/mol. The summed E-state index contributed by atoms with van der Waals surface area (Å²) in [6.45, 7) is 21.7. The molecule has 1 saturated carbocycles. The normalized spacial score (nSPS) is 37.9. The van der Waals surface area contributed by atoms with Crippen molar-refractivity contribution < 1.29 is 19.1 Å². The molecule has 0 spiro atoms. The Kier molecular flexibility index (Phi) is 7.16. The van der Waals surface area contributed by atoms with E-state index in [9.17, 15) is 9.90 Å². The van der Waals surface area contributed by atoms with Crippen LogP contribution in [0.2, 0.25) is 18.1 Å². The number of ketones is 1. The Morgan fingerprint density at radius 1 is 1.15 bits per heavy atom. The maximum Gasteiger partial charge on any atom is 0.192 e. The molecule has 1 fully saturated rings. The highest BCUT2D eigenvalue weighted by Crippen LogP contribution is 2.57. The molecular weight excluding hydrogens is 487 g/mol. The molecule has 7 heteroatoms. The van der Waals surface area contributed by atoms with Crippen molar-refractivity contribution in [3.8, 4) is 0 Å². The van der Waals surface area contributed by atoms with Gasteiger partial charge < -0.3 is 14.3 Å². The molecular formula is C27H44Cl2O4Si. The Hall–Kier alpha value is -0.333. The minimum Gasteiger partial charge on any atom is -0.487 e. The number of rotatable bonds is 4. The zero-order valence-corrected chi connectivity index (χ0v) is 25.2. The first-order chi connectivity index (χ1) is 15.2. The van der Waals surface area contributed by atoms with E-state index in [0.717, 1.165) is 12.8 Å². The minimum absolute atomic E-state index is 0.0456. The minimum atomic E-state index is -2.12. The van der Waals surface area contributed by atoms with E-state index >= 15 is 0 Å². The predicted octanol–water partition coefficient (Wildman–Crippen LogP) is 7.13. The van der Waals surface area contributed by atoms with Crippen molar-refractivity contribution >= 4 is 37.3 Å². The number of halogens is 2. The fourth-order valence-corrected chi connectivity index (χ4v) is 7.81. The lowest BCUT2D eigenvalue weighted by Crippen LogP contribution is -2.60. The molecule has 194 valence electrons. The van der Waals surface area contributed by atoms with Gasteiger partial charge in [-0.25, -0.2) is 0 Å². The zero-order chi connectivity index (χ0) is 26.1. The lowest BCUT2D eigenvalue weighted by molar-refractivity contribution is -0.122. The summed E-state index contributed by atoms with van der Waals surface area (Å²) in [5.74, 6) is 0.144. The fraction of sp³-hybridized carbons (Fsp3) is 0.815. The number of hydrogen-bond acceptors (Lipinski definition) is 4. The van der Waals surface area contributed by atoms with Crippen molar-refractivity contribution in [2.45, 2.75) is 127 Å². The summed E-state index contributed by atoms with van der Waals surface area (Å²) >= 11 is 13.5. The van der Waals surface area contributed by atoms with Crippen LogP contribution in [0.15, 0.2) is 23.5 Å². The van der Waals surface area contributed by atoms with Gasteiger partial charge in [0.25, 0.3) is 0 Å². The Morgan fingerprint density at radius 3 is 2.29 bits per heavy atom. The second-order valence-corrected chi connectivity index (χ2v) is 19.3. The van der Waals surface area contributed by atoms with E-state index < -0.39 is 25.1 Å². The van der Waals surface area contributed by atoms with Crippen molar-refractivity contribution in [3.05, 3.63) is 23.5 Å². The largest absolute Gasteiger partial charge is 0.487 e. The summed E-state index contributed by atoms with van der Waals surface area (Å²) in [6, 6.07) is 0. The summed E-state index contributed by atoms with van der Waals surface area (Å²) in [4.78, 5) is 12.7. The number of carbonyl (C=O) groups is 1. The Balaban J connectivity index is 2.07. The van der Waals surface area contributed by atoms with Gasteiger partial charge in [0.2, 0.25) is 0 Å². The third kappa shape index (κ3) is 4.81. The third-order valence-electron chi connectivity index (χ3n) is 9.12. The molecule has 4 nitrogen and oxygen atoms in total. The van der Waals surface area contributed by atoms with Gasteiger partial charge in [-0.3, -0.25) is 4.79 Å². The van der Waals surface area contributed by atoms with Crippen LogP contribution >= 0.6 is 23.2 Å². The molecule has 1 aliphatic heterocycles. The van der Waals surface area contributed by atoms with Gasteiger partial charge in [-0.2, -0.15) is 0 Å². The Bertz CT molecular complexity index is 901. The average molecular weight is 532 g/mol. The quantitative estimate of drug-likeness (QED) is 0.310. The van der Waals surface area contributed by atoms with Gasteiger partial charge in [-0.1, -0.05) is 34.6 Å². The number of alkyl halides is 2. The van der Waals surface area contributed by atoms with Crippen LogP contribution in [0.5, 0.6) is 0 Å². The number of hydrogen-bond donors (Lipinski definition) is 1. The van der Waals surface area contributed by atoms with Gasteiger partial charge in [0.15, 0.2) is 14.1 Å². The average Bonchev–Trinajstić information content (AvgIpc) is 2.66. The summed E-state index contributed by atoms with van der Waals surface area (Å²) < 4.78 is 13.4. The molecule has 0 amide bonds. The van der Waals surface area contributed by atoms with Crippen molar-refractivity contribution in [1.82, 2.24) is 0 Å². The van der Waals surface area contributed by atoms with E-state index in [-0.39, 0.29) is 32.9 Å². The van der Waals surface area contributed by atoms with E-state index in [1.165, 1.54) is 6.08 Å². The topological polar surface area (TPSA) is 55.8 Å². The fourth-order valence-electron chi connectivity index (χ4n) is 5.63. The van der Waals surface area contributed by atoms with Crippen LogP contribution in [0.25, 0.3) is 0 Å². The predicted molar refractivity (Wildman–Crippen MR) is 143 cm³/mol. The number of carbonyl (C=O) groups excluding carboxylic acids is 1. The van der Waals surface area contributed by atoms with Crippen LogP contribution in [-0.2, 0) is 14.0 Å². The van der Waals surface area contributed by atoms with Gasteiger partial charge in [0.05, 0.1) is 11.0 Å². The van der Waals surface area contributed by atoms with Crippen LogP contribution < -0.4 is 0 Å². The first-order valence-electron chi connectivity index (χ1n) is 12.5. The van der Waals surface area contributed by atoms with Gasteiger partial charge in [0.1, 0.15) is 17.0 Å². The molecule has 5 atom stereocenters. The Labute approximate surface area is 217 Å². The van der Waals surface area contributed by atoms with Crippen molar-refractivity contribution in [2.24, 2.45) is 11.3 Å². The molecule has 0 saturated heterocycles. The molecule has 2 aliphatic carbocycles. The molecule has 0 aromatic carbocycles. The van der Waals surface area contributed by atoms with Gasteiger partial charge in [0, 0.05) is 11.0 Å². The zero-order valence-electron chi connectivity index (χ0n) is 22.6. The van der Waals surface area contributed by atoms with Gasteiger partial charge in [-0.05, 0) is 88.1 Å². The van der Waals surface area contributed by atoms with Crippen LogP contribution in [0.1, 0.15) is 81.1 Å². The van der Waals surface area contributed by atoms with E-state index in [2.05, 4.69) is 54.6 Å². The number of allylic oxidation sites excluding steroid dienone is 2. The van der Waals surface area contributed by atoms with E-state index in [4.69, 9.17) is 32.4 Å². The van der Waals surface area contributed by atoms with Crippen molar-refractivity contribution in [2.75, 3.05) is 0 Å². The van der Waals surface area contributed by atoms with Crippen LogP contribution in [0, 0.1) is 11.3 Å². The number of aliphatic hydroxyl groups is 1. The molecule has 0 radical (unpaired) electrons. The maximum atomic E-state index is 12.7. The van der Waals surface area contributed by atoms with E-state index in [1.807, 2.05) is 13.8 Å². The molecule has 0 unspecified atom stereocenters. The molecule has 0 aromatic heterocycles. The lowest BCUT2D eigenvalue weighted by Gasteiger charge is -2.58. The smallest absolute Gasteiger partial charge is 0.192 e. The molecule has 34 heavy (non-hydrogen) atoms. The first kappa shape index (κ1) is 28.2. The molecule has 0 aromatic rings. The van der Waals surface area contributed by atoms with Crippen molar-refractivity contribution in [3.63, 3.8) is 0 Å². The molecule has 0 bridgehead atoms. The van der Waals surface area contributed by atoms with Gasteiger partial charge >= 0.3 is 0 Å². The highest BCUT2D eigenvalue weighted by molar-refractivity contribution is 6.74. The summed E-state index contributed by atoms with van der Waals surface area (Å²) in [5, 5.41) is 11.8. The van der Waals surface area contributed by atoms with E-state index in [1.54, 1.807) is 6.08 Å². The molecule has 3 rings (SSSR count). The lowest BCUT2D eigenvalue weighted by atomic mass is 9.58. The first-order valence-corrected chi connectivity index (χ1v) is 16.3. The summed E-state index contributed by atoms with van der Waals surface area (Å²) in [6.07, 6.45) is 5.50. The highest BCUT2D eigenvalue weighted by atomic mass is 35.5. The summed E-state index contributed by atoms with van der Waals surface area (Å²) in [7, 11) is -2.12. The maximum absolute atomic E-state index is 12.7. The molecule has 3 aliphatic rings. The highest BCUT2D eigenvalue weighted by Gasteiger charge is 2.58. The van der Waals surface area contributed by atoms with Crippen LogP contribution in [-0.4, -0.2) is 46.8 Å². The number of ether oxygens (including phenoxy) is 1. The van der Waals surface area contributed by atoms with Crippen LogP contribution in [0.4, 0.5) is 0 Å². The molecule has 1 N–H and O–H groups in total. The van der Waals surface area contributed by atoms with E-state index in [0.29, 0.717) is 24.2 Å². The van der Waals surface area contributed by atoms with Gasteiger partial charge in [-0.15, -0.1) is 23.2 Å². The Morgan fingerprint density at radius 2 is 1.74 bits per heavy atom.